The number of carbonyl (C=O) groups is 2. The van der Waals surface area contributed by atoms with Gasteiger partial charge >= 0.3 is 5.97 Å². The van der Waals surface area contributed by atoms with E-state index in [-0.39, 0.29) is 30.7 Å². The van der Waals surface area contributed by atoms with Crippen LogP contribution < -0.4 is 10.9 Å². The van der Waals surface area contributed by atoms with Crippen LogP contribution in [0.25, 0.3) is 22.3 Å². The summed E-state index contributed by atoms with van der Waals surface area (Å²) in [5, 5.41) is 25.2. The largest absolute Gasteiger partial charge is 0.458 e. The summed E-state index contributed by atoms with van der Waals surface area (Å²) in [4.78, 5) is 43.7. The molecule has 1 fully saturated rings. The fourth-order valence-electron chi connectivity index (χ4n) is 5.88. The van der Waals surface area contributed by atoms with Crippen molar-refractivity contribution >= 4 is 22.8 Å². The highest BCUT2D eigenvalue weighted by Crippen LogP contribution is 2.42. The highest BCUT2D eigenvalue weighted by atomic mass is 19.1. The predicted molar refractivity (Wildman–Crippen MR) is 135 cm³/mol. The zero-order valence-electron chi connectivity index (χ0n) is 21.4. The van der Waals surface area contributed by atoms with Gasteiger partial charge in [-0.15, -0.1) is 0 Å². The van der Waals surface area contributed by atoms with E-state index in [1.807, 2.05) is 0 Å². The summed E-state index contributed by atoms with van der Waals surface area (Å²) in [5.41, 5.74) is -0.495. The van der Waals surface area contributed by atoms with Crippen LogP contribution in [0.5, 0.6) is 0 Å². The van der Waals surface area contributed by atoms with Gasteiger partial charge in [0.05, 0.1) is 35.1 Å². The van der Waals surface area contributed by atoms with Crippen LogP contribution in [0.4, 0.5) is 4.39 Å². The van der Waals surface area contributed by atoms with E-state index in [2.05, 4.69) is 5.32 Å². The number of fused-ring (bicyclic) bond motifs is 5. The number of hydrogen-bond acceptors (Lipinski definition) is 7. The second-order valence-corrected chi connectivity index (χ2v) is 10.7. The van der Waals surface area contributed by atoms with Gasteiger partial charge in [0.25, 0.3) is 11.5 Å². The number of aromatic nitrogens is 2. The normalized spacial score (nSPS) is 21.7. The van der Waals surface area contributed by atoms with Gasteiger partial charge in [-0.05, 0) is 62.8 Å². The predicted octanol–water partition coefficient (Wildman–Crippen LogP) is 2.62. The summed E-state index contributed by atoms with van der Waals surface area (Å²) < 4.78 is 21.3. The summed E-state index contributed by atoms with van der Waals surface area (Å²) in [5.74, 6) is -1.73. The van der Waals surface area contributed by atoms with Gasteiger partial charge in [0.15, 0.2) is 5.60 Å². The first kappa shape index (κ1) is 24.7. The molecule has 2 atom stereocenters. The Balaban J connectivity index is 1.57. The van der Waals surface area contributed by atoms with Gasteiger partial charge in [-0.2, -0.15) is 0 Å². The molecule has 0 spiro atoms. The zero-order valence-corrected chi connectivity index (χ0v) is 21.4. The number of aliphatic hydroxyl groups is 2. The Kier molecular flexibility index (Phi) is 5.32. The third kappa shape index (κ3) is 3.29. The molecule has 0 saturated heterocycles. The van der Waals surface area contributed by atoms with E-state index in [1.165, 1.54) is 10.6 Å². The van der Waals surface area contributed by atoms with Gasteiger partial charge < -0.3 is 24.8 Å². The number of nitrogens with zero attached hydrogens (tertiary/aromatic N) is 2. The second-order valence-electron chi connectivity index (χ2n) is 10.7. The molecule has 2 aliphatic heterocycles. The van der Waals surface area contributed by atoms with E-state index in [0.29, 0.717) is 51.8 Å². The molecule has 1 aromatic carbocycles. The summed E-state index contributed by atoms with van der Waals surface area (Å²) >= 11 is 0. The maximum absolute atomic E-state index is 14.6. The lowest BCUT2D eigenvalue weighted by Gasteiger charge is -2.36. The van der Waals surface area contributed by atoms with E-state index in [9.17, 15) is 29.0 Å². The average molecular weight is 522 g/mol. The highest BCUT2D eigenvalue weighted by Gasteiger charge is 2.46. The Labute approximate surface area is 217 Å². The smallest absolute Gasteiger partial charge is 0.343 e. The number of benzene rings is 1. The van der Waals surface area contributed by atoms with Crippen LogP contribution >= 0.6 is 0 Å². The number of esters is 1. The number of halogens is 1. The first-order valence-corrected chi connectivity index (χ1v) is 12.8. The standard InChI is InChI=1S/C28H28FN3O6/c1-4-28(37)18-9-21-23-16(11-32(21)24(33)17(18)12-38-26(28)35)22(14(3)30-25(34)27(36)6-5-7-27)15-8-13(2)19(29)10-20(15)31-23/h8-10,14,36-37H,4-7,11-12H2,1-3H3,(H,30,34)/t14-,28+/m1/s1. The second kappa shape index (κ2) is 8.18. The Morgan fingerprint density at radius 2 is 1.97 bits per heavy atom. The van der Waals surface area contributed by atoms with Crippen LogP contribution in [0, 0.1) is 12.7 Å². The minimum Gasteiger partial charge on any atom is -0.458 e. The number of ether oxygens (including phenoxy) is 1. The van der Waals surface area contributed by atoms with Crippen LogP contribution in [-0.2, 0) is 33.1 Å². The van der Waals surface area contributed by atoms with Crippen LogP contribution in [0.2, 0.25) is 0 Å². The molecule has 0 bridgehead atoms. The van der Waals surface area contributed by atoms with Crippen molar-refractivity contribution in [3.05, 3.63) is 62.2 Å². The molecule has 0 radical (unpaired) electrons. The number of pyridine rings is 2. The molecule has 198 valence electrons. The number of carbonyl (C=O) groups excluding carboxylic acids is 2. The quantitative estimate of drug-likeness (QED) is 0.352. The monoisotopic (exact) mass is 521 g/mol. The maximum Gasteiger partial charge on any atom is 0.343 e. The highest BCUT2D eigenvalue weighted by molar-refractivity contribution is 5.91. The lowest BCUT2D eigenvalue weighted by molar-refractivity contribution is -0.172. The molecular formula is C28H28FN3O6. The molecule has 3 aromatic rings. The summed E-state index contributed by atoms with van der Waals surface area (Å²) in [6, 6.07) is 4.00. The van der Waals surface area contributed by atoms with Gasteiger partial charge in [-0.1, -0.05) is 6.92 Å². The number of nitrogens with one attached hydrogen (secondary N) is 1. The van der Waals surface area contributed by atoms with E-state index in [1.54, 1.807) is 32.9 Å². The molecule has 4 heterocycles. The van der Waals surface area contributed by atoms with Crippen LogP contribution in [0.3, 0.4) is 0 Å². The number of hydrogen-bond donors (Lipinski definition) is 3. The van der Waals surface area contributed by atoms with Crippen molar-refractivity contribution in [2.45, 2.75) is 76.9 Å². The Morgan fingerprint density at radius 3 is 2.63 bits per heavy atom. The number of rotatable bonds is 4. The maximum atomic E-state index is 14.6. The van der Waals surface area contributed by atoms with Gasteiger partial charge in [-0.25, -0.2) is 14.2 Å². The minimum atomic E-state index is -1.96. The van der Waals surface area contributed by atoms with Crippen molar-refractivity contribution in [3.8, 4) is 11.4 Å². The topological polar surface area (TPSA) is 131 Å². The molecule has 10 heteroatoms. The summed E-state index contributed by atoms with van der Waals surface area (Å²) in [6.07, 6.45) is 1.56. The molecule has 3 aliphatic rings. The summed E-state index contributed by atoms with van der Waals surface area (Å²) in [6.45, 7) is 4.94. The molecule has 38 heavy (non-hydrogen) atoms. The minimum absolute atomic E-state index is 0.0153. The molecule has 3 N–H and O–H groups in total. The third-order valence-electron chi connectivity index (χ3n) is 8.40. The van der Waals surface area contributed by atoms with Crippen molar-refractivity contribution in [2.75, 3.05) is 0 Å². The molecule has 2 aromatic heterocycles. The van der Waals surface area contributed by atoms with Gasteiger partial charge in [0.2, 0.25) is 0 Å². The van der Waals surface area contributed by atoms with Crippen molar-refractivity contribution in [1.82, 2.24) is 14.9 Å². The molecule has 0 unspecified atom stereocenters. The Morgan fingerprint density at radius 1 is 1.24 bits per heavy atom. The fourth-order valence-corrected chi connectivity index (χ4v) is 5.88. The number of cyclic esters (lactones) is 1. The lowest BCUT2D eigenvalue weighted by Crippen LogP contribution is -2.52. The fraction of sp³-hybridized carbons (Fsp3) is 0.429. The number of amides is 1. The van der Waals surface area contributed by atoms with E-state index in [4.69, 9.17) is 9.72 Å². The van der Waals surface area contributed by atoms with Crippen LogP contribution in [0.1, 0.15) is 73.4 Å². The van der Waals surface area contributed by atoms with Crippen LogP contribution in [0.15, 0.2) is 23.0 Å². The van der Waals surface area contributed by atoms with Crippen molar-refractivity contribution < 1.29 is 28.9 Å². The van der Waals surface area contributed by atoms with Gasteiger partial charge in [0.1, 0.15) is 18.0 Å². The van der Waals surface area contributed by atoms with Gasteiger partial charge in [-0.3, -0.25) is 9.59 Å². The lowest BCUT2D eigenvalue weighted by atomic mass is 9.79. The van der Waals surface area contributed by atoms with E-state index >= 15 is 0 Å². The Bertz CT molecular complexity index is 1630. The molecule has 1 saturated carbocycles. The Hall–Kier alpha value is -3.63. The van der Waals surface area contributed by atoms with E-state index in [0.717, 1.165) is 6.42 Å². The van der Waals surface area contributed by atoms with Crippen LogP contribution in [-0.4, -0.2) is 37.2 Å². The van der Waals surface area contributed by atoms with Crippen molar-refractivity contribution in [2.24, 2.45) is 0 Å². The molecule has 1 aliphatic carbocycles. The average Bonchev–Trinajstić information content (AvgIpc) is 3.22. The van der Waals surface area contributed by atoms with E-state index < -0.39 is 40.5 Å². The van der Waals surface area contributed by atoms with Crippen molar-refractivity contribution in [1.29, 1.82) is 0 Å². The molecular weight excluding hydrogens is 493 g/mol. The zero-order chi connectivity index (χ0) is 27.1. The SMILES string of the molecule is CC[C@@]1(O)C(=O)OCc2c1cc1n(c2=O)Cc2c-1nc1cc(F)c(C)cc1c2[C@@H](C)NC(=O)C1(O)CCC1. The first-order chi connectivity index (χ1) is 18.0. The third-order valence-corrected chi connectivity index (χ3v) is 8.40. The molecule has 6 rings (SSSR count). The van der Waals surface area contributed by atoms with Gasteiger partial charge in [0, 0.05) is 22.6 Å². The summed E-state index contributed by atoms with van der Waals surface area (Å²) in [7, 11) is 0. The molecule has 9 nitrogen and oxygen atoms in total. The van der Waals surface area contributed by atoms with Crippen molar-refractivity contribution in [3.63, 3.8) is 0 Å². The molecule has 1 amide bonds. The first-order valence-electron chi connectivity index (χ1n) is 12.8. The number of aryl methyl sites for hydroxylation is 1.